The van der Waals surface area contributed by atoms with Crippen molar-refractivity contribution in [2.45, 2.75) is 19.4 Å². The normalized spacial score (nSPS) is 18.6. The largest absolute Gasteiger partial charge is 0.352 e. The van der Waals surface area contributed by atoms with Crippen LogP contribution >= 0.6 is 0 Å². The molecule has 2 aliphatic rings. The number of nitrogens with one attached hydrogen (secondary N) is 1. The van der Waals surface area contributed by atoms with Crippen molar-refractivity contribution < 1.29 is 18.4 Å². The van der Waals surface area contributed by atoms with Crippen LogP contribution in [0.1, 0.15) is 13.3 Å². The molecule has 0 unspecified atom stereocenters. The summed E-state index contributed by atoms with van der Waals surface area (Å²) in [7, 11) is 0. The van der Waals surface area contributed by atoms with Crippen molar-refractivity contribution in [2.24, 2.45) is 0 Å². The van der Waals surface area contributed by atoms with E-state index < -0.39 is 5.82 Å². The first-order valence-corrected chi connectivity index (χ1v) is 9.58. The van der Waals surface area contributed by atoms with Crippen LogP contribution in [0.2, 0.25) is 0 Å². The van der Waals surface area contributed by atoms with Gasteiger partial charge in [0.2, 0.25) is 5.91 Å². The summed E-state index contributed by atoms with van der Waals surface area (Å²) in [5, 5.41) is 2.85. The minimum atomic E-state index is -0.406. The molecule has 0 radical (unpaired) electrons. The predicted octanol–water partition coefficient (Wildman–Crippen LogP) is 3.25. The molecule has 2 heterocycles. The Hall–Kier alpha value is -3.16. The van der Waals surface area contributed by atoms with Crippen molar-refractivity contribution in [1.82, 2.24) is 10.2 Å². The van der Waals surface area contributed by atoms with Crippen molar-refractivity contribution in [3.05, 3.63) is 54.1 Å². The van der Waals surface area contributed by atoms with Crippen LogP contribution in [0.4, 0.5) is 30.6 Å². The predicted molar refractivity (Wildman–Crippen MR) is 106 cm³/mol. The fourth-order valence-electron chi connectivity index (χ4n) is 3.98. The van der Waals surface area contributed by atoms with Crippen LogP contribution in [0.3, 0.4) is 0 Å². The van der Waals surface area contributed by atoms with Gasteiger partial charge in [-0.15, -0.1) is 0 Å². The quantitative estimate of drug-likeness (QED) is 0.842. The fourth-order valence-corrected chi connectivity index (χ4v) is 3.98. The van der Waals surface area contributed by atoms with E-state index in [1.807, 2.05) is 4.90 Å². The van der Waals surface area contributed by atoms with Gasteiger partial charge < -0.3 is 15.1 Å². The van der Waals surface area contributed by atoms with E-state index in [1.54, 1.807) is 28.0 Å². The number of carbonyl (C=O) groups is 2. The van der Waals surface area contributed by atoms with E-state index in [0.717, 1.165) is 5.69 Å². The topological polar surface area (TPSA) is 55.9 Å². The van der Waals surface area contributed by atoms with Crippen molar-refractivity contribution in [1.29, 1.82) is 0 Å². The smallest absolute Gasteiger partial charge is 0.324 e. The molecular formula is C21H22F2N4O2. The van der Waals surface area contributed by atoms with Gasteiger partial charge in [-0.3, -0.25) is 9.69 Å². The van der Waals surface area contributed by atoms with E-state index >= 15 is 0 Å². The van der Waals surface area contributed by atoms with Gasteiger partial charge in [-0.25, -0.2) is 13.6 Å². The third-order valence-electron chi connectivity index (χ3n) is 5.30. The molecule has 2 aromatic rings. The Morgan fingerprint density at radius 2 is 1.69 bits per heavy atom. The first-order chi connectivity index (χ1) is 13.9. The van der Waals surface area contributed by atoms with E-state index in [0.29, 0.717) is 44.0 Å². The monoisotopic (exact) mass is 400 g/mol. The van der Waals surface area contributed by atoms with Gasteiger partial charge in [0.25, 0.3) is 0 Å². The van der Waals surface area contributed by atoms with Crippen LogP contribution in [-0.4, -0.2) is 49.1 Å². The van der Waals surface area contributed by atoms with Gasteiger partial charge in [0.1, 0.15) is 11.6 Å². The molecular weight excluding hydrogens is 378 g/mol. The number of rotatable bonds is 2. The zero-order chi connectivity index (χ0) is 20.5. The summed E-state index contributed by atoms with van der Waals surface area (Å²) >= 11 is 0. The number of fused-ring (bicyclic) bond motifs is 1. The lowest BCUT2D eigenvalue weighted by molar-refractivity contribution is -0.119. The number of carbonyl (C=O) groups excluding carboxylic acids is 2. The molecule has 1 atom stereocenters. The highest BCUT2D eigenvalue weighted by atomic mass is 19.1. The molecule has 152 valence electrons. The minimum absolute atomic E-state index is 0.0513. The lowest BCUT2D eigenvalue weighted by Gasteiger charge is -2.39. The molecule has 29 heavy (non-hydrogen) atoms. The van der Waals surface area contributed by atoms with E-state index in [2.05, 4.69) is 5.32 Å². The summed E-state index contributed by atoms with van der Waals surface area (Å²) in [5.74, 6) is -0.861. The highest BCUT2D eigenvalue weighted by Crippen LogP contribution is 2.39. The number of likely N-dealkylation sites (tertiary alicyclic amines) is 1. The van der Waals surface area contributed by atoms with Crippen molar-refractivity contribution in [3.63, 3.8) is 0 Å². The van der Waals surface area contributed by atoms with Gasteiger partial charge in [0.05, 0.1) is 11.4 Å². The highest BCUT2D eigenvalue weighted by molar-refractivity contribution is 5.98. The number of nitrogens with zero attached hydrogens (tertiary/aromatic N) is 3. The molecule has 1 saturated heterocycles. The van der Waals surface area contributed by atoms with E-state index in [9.17, 15) is 18.4 Å². The fraction of sp³-hybridized carbons (Fsp3) is 0.333. The molecule has 0 saturated carbocycles. The third-order valence-corrected chi connectivity index (χ3v) is 5.30. The number of benzene rings is 2. The van der Waals surface area contributed by atoms with Gasteiger partial charge in [0.15, 0.2) is 0 Å². The molecule has 0 aliphatic carbocycles. The maximum absolute atomic E-state index is 14.0. The SMILES string of the molecule is CC(=O)N[C@H]1CCN(C(=O)N2CCN(c3ccc(F)cc3)c3cc(F)ccc32)C1. The van der Waals surface area contributed by atoms with E-state index in [1.165, 1.54) is 31.2 Å². The van der Waals surface area contributed by atoms with Crippen molar-refractivity contribution >= 4 is 29.0 Å². The van der Waals surface area contributed by atoms with Gasteiger partial charge in [-0.05, 0) is 48.9 Å². The molecule has 2 aliphatic heterocycles. The zero-order valence-corrected chi connectivity index (χ0v) is 16.1. The molecule has 0 aromatic heterocycles. The van der Waals surface area contributed by atoms with Crippen LogP contribution in [0.5, 0.6) is 0 Å². The minimum Gasteiger partial charge on any atom is -0.352 e. The van der Waals surface area contributed by atoms with Crippen molar-refractivity contribution in [2.75, 3.05) is 36.0 Å². The third kappa shape index (κ3) is 3.87. The maximum atomic E-state index is 14.0. The molecule has 1 N–H and O–H groups in total. The number of amides is 3. The molecule has 1 fully saturated rings. The Labute approximate surface area is 167 Å². The Kier molecular flexibility index (Phi) is 5.08. The molecule has 0 bridgehead atoms. The second kappa shape index (κ2) is 7.69. The highest BCUT2D eigenvalue weighted by Gasteiger charge is 2.34. The maximum Gasteiger partial charge on any atom is 0.324 e. The summed E-state index contributed by atoms with van der Waals surface area (Å²) in [6.07, 6.45) is 0.705. The average molecular weight is 400 g/mol. The van der Waals surface area contributed by atoms with Crippen LogP contribution < -0.4 is 15.1 Å². The first-order valence-electron chi connectivity index (χ1n) is 9.58. The van der Waals surface area contributed by atoms with Gasteiger partial charge in [-0.1, -0.05) is 0 Å². The van der Waals surface area contributed by atoms with Gasteiger partial charge >= 0.3 is 6.03 Å². The number of halogens is 2. The lowest BCUT2D eigenvalue weighted by Crippen LogP contribution is -2.49. The van der Waals surface area contributed by atoms with Gasteiger partial charge in [0, 0.05) is 44.8 Å². The lowest BCUT2D eigenvalue weighted by atomic mass is 10.1. The molecule has 8 heteroatoms. The van der Waals surface area contributed by atoms with E-state index in [-0.39, 0.29) is 23.8 Å². The van der Waals surface area contributed by atoms with Crippen LogP contribution in [-0.2, 0) is 4.79 Å². The first kappa shape index (κ1) is 19.2. The Morgan fingerprint density at radius 3 is 2.41 bits per heavy atom. The second-order valence-corrected chi connectivity index (χ2v) is 7.33. The summed E-state index contributed by atoms with van der Waals surface area (Å²) in [6, 6.07) is 10.1. The standard InChI is InChI=1S/C21H22F2N4O2/c1-14(28)24-17-8-9-25(13-17)21(29)27-11-10-26(18-5-2-15(22)3-6-18)20-12-16(23)4-7-19(20)27/h2-7,12,17H,8-11,13H2,1H3,(H,24,28)/t17-/m0/s1. The summed E-state index contributed by atoms with van der Waals surface area (Å²) < 4.78 is 27.3. The summed E-state index contributed by atoms with van der Waals surface area (Å²) in [6.45, 7) is 3.34. The van der Waals surface area contributed by atoms with E-state index in [4.69, 9.17) is 0 Å². The number of anilines is 3. The number of hydrogen-bond donors (Lipinski definition) is 1. The Balaban J connectivity index is 1.59. The molecule has 4 rings (SSSR count). The molecule has 2 aromatic carbocycles. The molecule has 6 nitrogen and oxygen atoms in total. The number of hydrogen-bond acceptors (Lipinski definition) is 3. The Morgan fingerprint density at radius 1 is 0.966 bits per heavy atom. The van der Waals surface area contributed by atoms with Crippen LogP contribution in [0.25, 0.3) is 0 Å². The molecule has 3 amide bonds. The Bertz CT molecular complexity index is 935. The van der Waals surface area contributed by atoms with Crippen LogP contribution in [0, 0.1) is 11.6 Å². The van der Waals surface area contributed by atoms with Gasteiger partial charge in [-0.2, -0.15) is 0 Å². The second-order valence-electron chi connectivity index (χ2n) is 7.33. The van der Waals surface area contributed by atoms with Crippen molar-refractivity contribution in [3.8, 4) is 0 Å². The average Bonchev–Trinajstić information content (AvgIpc) is 3.15. The zero-order valence-electron chi connectivity index (χ0n) is 16.1. The summed E-state index contributed by atoms with van der Waals surface area (Å²) in [4.78, 5) is 29.7. The van der Waals surface area contributed by atoms with Crippen LogP contribution in [0.15, 0.2) is 42.5 Å². The number of urea groups is 1. The molecule has 0 spiro atoms. The summed E-state index contributed by atoms with van der Waals surface area (Å²) in [5.41, 5.74) is 1.90.